The van der Waals surface area contributed by atoms with Crippen LogP contribution in [0.3, 0.4) is 0 Å². The third kappa shape index (κ3) is 17.2. The molecule has 0 N–H and O–H groups in total. The fraction of sp³-hybridized carbons (Fsp3) is 0.600. The highest BCUT2D eigenvalue weighted by atomic mass is 31.1. The second kappa shape index (κ2) is 25.1. The van der Waals surface area contributed by atoms with Gasteiger partial charge in [-0.3, -0.25) is 0 Å². The van der Waals surface area contributed by atoms with Crippen molar-refractivity contribution in [3.8, 4) is 0 Å². The van der Waals surface area contributed by atoms with Crippen molar-refractivity contribution in [2.24, 2.45) is 0 Å². The van der Waals surface area contributed by atoms with Crippen molar-refractivity contribution in [1.29, 1.82) is 0 Å². The standard InChI is InChI=1S/C40H62P2/c1-2-6-10-14-18-28-36-42(40-33-25-22-26-34-40)38-30-20-16-12-8-4-3-7-11-15-19-29-37-41(35-27-17-13-9-5-1)39-31-23-21-24-32-39/h1-4,21-26,31-34H,5-20,27-30,35-38H2/b2-1+,4-3+. The molecule has 2 aromatic carbocycles. The van der Waals surface area contributed by atoms with Gasteiger partial charge in [0.25, 0.3) is 0 Å². The van der Waals surface area contributed by atoms with Crippen molar-refractivity contribution in [2.45, 2.75) is 128 Å². The third-order valence-electron chi connectivity index (χ3n) is 8.77. The predicted octanol–water partition coefficient (Wildman–Crippen LogP) is 12.5. The predicted molar refractivity (Wildman–Crippen MR) is 196 cm³/mol. The van der Waals surface area contributed by atoms with E-state index < -0.39 is 0 Å². The molecule has 232 valence electrons. The monoisotopic (exact) mass is 604 g/mol. The minimum Gasteiger partial charge on any atom is -0.0885 e. The van der Waals surface area contributed by atoms with Crippen LogP contribution in [0.1, 0.15) is 128 Å². The van der Waals surface area contributed by atoms with Crippen molar-refractivity contribution in [3.05, 3.63) is 85.0 Å². The Labute approximate surface area is 263 Å². The first-order valence-corrected chi connectivity index (χ1v) is 21.3. The summed E-state index contributed by atoms with van der Waals surface area (Å²) in [6.45, 7) is 0. The maximum atomic E-state index is 2.47. The van der Waals surface area contributed by atoms with Crippen LogP contribution in [-0.2, 0) is 0 Å². The highest BCUT2D eigenvalue weighted by molar-refractivity contribution is 7.65. The maximum absolute atomic E-state index is 2.47. The SMILES string of the molecule is C1=C/CCCCCCP(c2ccccc2)CCCCCC/C=C/CCCCCCP(c2ccccc2)CCCCCC/1. The minimum atomic E-state index is 0.0298. The zero-order valence-electron chi connectivity index (χ0n) is 26.9. The Kier molecular flexibility index (Phi) is 21.1. The summed E-state index contributed by atoms with van der Waals surface area (Å²) in [6.07, 6.45) is 43.2. The molecule has 0 fully saturated rings. The first kappa shape index (κ1) is 35.3. The van der Waals surface area contributed by atoms with Crippen LogP contribution in [0.2, 0.25) is 0 Å². The molecule has 42 heavy (non-hydrogen) atoms. The van der Waals surface area contributed by atoms with E-state index in [0.717, 1.165) is 0 Å². The third-order valence-corrected chi connectivity index (χ3v) is 14.3. The smallest absolute Gasteiger partial charge is 0.0240 e. The van der Waals surface area contributed by atoms with E-state index >= 15 is 0 Å². The van der Waals surface area contributed by atoms with Crippen LogP contribution in [-0.4, -0.2) is 24.6 Å². The van der Waals surface area contributed by atoms with Crippen molar-refractivity contribution in [2.75, 3.05) is 24.6 Å². The molecule has 2 heteroatoms. The minimum absolute atomic E-state index is 0.0298. The Morgan fingerprint density at radius 3 is 0.833 bits per heavy atom. The number of allylic oxidation sites excluding steroid dienone is 4. The fourth-order valence-corrected chi connectivity index (χ4v) is 11.3. The largest absolute Gasteiger partial charge is 0.0885 e. The van der Waals surface area contributed by atoms with Gasteiger partial charge in [0.1, 0.15) is 0 Å². The van der Waals surface area contributed by atoms with Crippen molar-refractivity contribution in [1.82, 2.24) is 0 Å². The molecule has 0 amide bonds. The lowest BCUT2D eigenvalue weighted by atomic mass is 10.1. The summed E-state index contributed by atoms with van der Waals surface area (Å²) in [5, 5.41) is 3.28. The number of rotatable bonds is 2. The lowest BCUT2D eigenvalue weighted by Gasteiger charge is -2.18. The van der Waals surface area contributed by atoms with Crippen LogP contribution >= 0.6 is 15.8 Å². The quantitative estimate of drug-likeness (QED) is 0.236. The number of benzene rings is 2. The van der Waals surface area contributed by atoms with Crippen LogP contribution in [0.5, 0.6) is 0 Å². The molecule has 1 aliphatic heterocycles. The Bertz CT molecular complexity index is 806. The second-order valence-electron chi connectivity index (χ2n) is 12.4. The Balaban J connectivity index is 1.40. The van der Waals surface area contributed by atoms with Gasteiger partial charge in [0.2, 0.25) is 0 Å². The number of hydrogen-bond donors (Lipinski definition) is 0. The van der Waals surface area contributed by atoms with Gasteiger partial charge in [-0.2, -0.15) is 0 Å². The average Bonchev–Trinajstić information content (AvgIpc) is 3.03. The van der Waals surface area contributed by atoms with Crippen LogP contribution in [0.25, 0.3) is 0 Å². The molecule has 2 aromatic rings. The molecule has 0 aliphatic carbocycles. The zero-order valence-corrected chi connectivity index (χ0v) is 28.7. The van der Waals surface area contributed by atoms with Gasteiger partial charge in [0, 0.05) is 0 Å². The Morgan fingerprint density at radius 2 is 0.548 bits per heavy atom. The van der Waals surface area contributed by atoms with Crippen molar-refractivity contribution < 1.29 is 0 Å². The summed E-state index contributed by atoms with van der Waals surface area (Å²) < 4.78 is 0. The van der Waals surface area contributed by atoms with Gasteiger partial charge < -0.3 is 0 Å². The van der Waals surface area contributed by atoms with E-state index in [1.807, 2.05) is 0 Å². The molecule has 0 atom stereocenters. The Morgan fingerprint density at radius 1 is 0.286 bits per heavy atom. The zero-order chi connectivity index (χ0) is 29.2. The van der Waals surface area contributed by atoms with Crippen LogP contribution in [0.4, 0.5) is 0 Å². The average molecular weight is 605 g/mol. The van der Waals surface area contributed by atoms with Gasteiger partial charge >= 0.3 is 0 Å². The molecule has 1 heterocycles. The lowest BCUT2D eigenvalue weighted by molar-refractivity contribution is 0.661. The molecule has 0 saturated carbocycles. The molecule has 0 aromatic heterocycles. The summed E-state index contributed by atoms with van der Waals surface area (Å²) in [6, 6.07) is 23.0. The number of hydrogen-bond acceptors (Lipinski definition) is 0. The van der Waals surface area contributed by atoms with Gasteiger partial charge in [-0.05, 0) is 112 Å². The van der Waals surface area contributed by atoms with Crippen molar-refractivity contribution >= 4 is 26.5 Å². The summed E-state index contributed by atoms with van der Waals surface area (Å²) in [7, 11) is 0.0595. The van der Waals surface area contributed by atoms with E-state index in [9.17, 15) is 0 Å². The van der Waals surface area contributed by atoms with E-state index in [2.05, 4.69) is 85.0 Å². The second-order valence-corrected chi connectivity index (χ2v) is 17.4. The fourth-order valence-electron chi connectivity index (χ4n) is 6.16. The van der Waals surface area contributed by atoms with Crippen LogP contribution in [0, 0.1) is 0 Å². The molecule has 3 rings (SSSR count). The molecule has 0 bridgehead atoms. The maximum Gasteiger partial charge on any atom is -0.0240 e. The first-order chi connectivity index (χ1) is 20.9. The van der Waals surface area contributed by atoms with E-state index in [-0.39, 0.29) is 15.8 Å². The summed E-state index contributed by atoms with van der Waals surface area (Å²) >= 11 is 0. The van der Waals surface area contributed by atoms with E-state index in [1.165, 1.54) is 153 Å². The van der Waals surface area contributed by atoms with Gasteiger partial charge in [-0.1, -0.05) is 152 Å². The van der Waals surface area contributed by atoms with E-state index in [4.69, 9.17) is 0 Å². The molecular formula is C40H62P2. The highest BCUT2D eigenvalue weighted by Crippen LogP contribution is 2.38. The van der Waals surface area contributed by atoms with Crippen LogP contribution < -0.4 is 10.6 Å². The van der Waals surface area contributed by atoms with Gasteiger partial charge in [0.05, 0.1) is 0 Å². The molecule has 0 radical (unpaired) electrons. The summed E-state index contributed by atoms with van der Waals surface area (Å²) in [4.78, 5) is 0. The van der Waals surface area contributed by atoms with Gasteiger partial charge in [0.15, 0.2) is 0 Å². The van der Waals surface area contributed by atoms with E-state index in [0.29, 0.717) is 0 Å². The molecule has 0 unspecified atom stereocenters. The normalized spacial score (nSPS) is 24.7. The van der Waals surface area contributed by atoms with Crippen LogP contribution in [0.15, 0.2) is 85.0 Å². The highest BCUT2D eigenvalue weighted by Gasteiger charge is 2.11. The van der Waals surface area contributed by atoms with Gasteiger partial charge in [-0.25, -0.2) is 0 Å². The topological polar surface area (TPSA) is 0 Å². The molecular weight excluding hydrogens is 542 g/mol. The van der Waals surface area contributed by atoms with Gasteiger partial charge in [-0.15, -0.1) is 0 Å². The summed E-state index contributed by atoms with van der Waals surface area (Å²) in [5.74, 6) is 0. The molecule has 1 aliphatic rings. The molecule has 0 nitrogen and oxygen atoms in total. The van der Waals surface area contributed by atoms with E-state index in [1.54, 1.807) is 10.6 Å². The lowest BCUT2D eigenvalue weighted by Crippen LogP contribution is -2.06. The van der Waals surface area contributed by atoms with Crippen molar-refractivity contribution in [3.63, 3.8) is 0 Å². The molecule has 0 spiro atoms. The summed E-state index contributed by atoms with van der Waals surface area (Å²) in [5.41, 5.74) is 0. The Hall–Kier alpha value is -1.22. The molecule has 0 saturated heterocycles. The first-order valence-electron chi connectivity index (χ1n) is 17.8.